The Morgan fingerprint density at radius 1 is 0.682 bits per heavy atom. The smallest absolute Gasteiger partial charge is 0.338 e. The second kappa shape index (κ2) is 4.85. The minimum Gasteiger partial charge on any atom is -0.465 e. The lowest BCUT2D eigenvalue weighted by Gasteiger charge is -2.10. The Morgan fingerprint density at radius 3 is 2.18 bits per heavy atom. The lowest BCUT2D eigenvalue weighted by molar-refractivity contribution is 0.0603. The molecule has 22 heavy (non-hydrogen) atoms. The maximum absolute atomic E-state index is 12.0. The first-order valence-electron chi connectivity index (χ1n) is 7.21. The maximum Gasteiger partial charge on any atom is 0.338 e. The predicted molar refractivity (Wildman–Crippen MR) is 90.3 cm³/mol. The van der Waals surface area contributed by atoms with E-state index >= 15 is 0 Å². The largest absolute Gasteiger partial charge is 0.465 e. The molecular formula is C20H14O2. The fraction of sp³-hybridized carbons (Fsp3) is 0.0500. The molecule has 4 aromatic carbocycles. The van der Waals surface area contributed by atoms with E-state index in [0.29, 0.717) is 5.56 Å². The molecule has 0 amide bonds. The van der Waals surface area contributed by atoms with Crippen LogP contribution in [0.15, 0.2) is 66.7 Å². The fourth-order valence-corrected chi connectivity index (χ4v) is 3.14. The number of carbonyl (C=O) groups excluding carboxylic acids is 1. The second-order valence-corrected chi connectivity index (χ2v) is 5.34. The first kappa shape index (κ1) is 12.8. The van der Waals surface area contributed by atoms with E-state index in [9.17, 15) is 4.79 Å². The monoisotopic (exact) mass is 286 g/mol. The Kier molecular flexibility index (Phi) is 2.83. The molecular weight excluding hydrogens is 272 g/mol. The number of rotatable bonds is 1. The summed E-state index contributed by atoms with van der Waals surface area (Å²) in [6.45, 7) is 0. The molecule has 0 aliphatic rings. The standard InChI is InChI=1S/C20H14O2/c1-22-20(21)19-8-4-7-15-17-10-9-13-5-2-3-6-14(13)16(17)11-12-18(15)19/h2-12H,1H3. The summed E-state index contributed by atoms with van der Waals surface area (Å²) in [5, 5.41) is 6.81. The molecule has 0 aliphatic carbocycles. The molecule has 0 aromatic heterocycles. The van der Waals surface area contributed by atoms with Crippen LogP contribution in [0.1, 0.15) is 10.4 Å². The van der Waals surface area contributed by atoms with E-state index in [2.05, 4.69) is 42.5 Å². The van der Waals surface area contributed by atoms with Crippen molar-refractivity contribution in [2.75, 3.05) is 7.11 Å². The molecule has 4 aromatic rings. The molecule has 0 N–H and O–H groups in total. The number of hydrogen-bond donors (Lipinski definition) is 0. The molecule has 0 radical (unpaired) electrons. The topological polar surface area (TPSA) is 26.3 Å². The van der Waals surface area contributed by atoms with Crippen molar-refractivity contribution in [2.45, 2.75) is 0 Å². The van der Waals surface area contributed by atoms with E-state index in [4.69, 9.17) is 4.74 Å². The number of esters is 1. The lowest BCUT2D eigenvalue weighted by atomic mass is 9.95. The molecule has 0 fully saturated rings. The zero-order valence-electron chi connectivity index (χ0n) is 12.2. The number of carbonyl (C=O) groups is 1. The van der Waals surface area contributed by atoms with Crippen LogP contribution >= 0.6 is 0 Å². The molecule has 4 rings (SSSR count). The average Bonchev–Trinajstić information content (AvgIpc) is 2.59. The summed E-state index contributed by atoms with van der Waals surface area (Å²) in [7, 11) is 1.41. The minimum atomic E-state index is -0.300. The van der Waals surface area contributed by atoms with Gasteiger partial charge >= 0.3 is 5.97 Å². The van der Waals surface area contributed by atoms with Crippen LogP contribution in [0, 0.1) is 0 Å². The Hall–Kier alpha value is -2.87. The highest BCUT2D eigenvalue weighted by atomic mass is 16.5. The van der Waals surface area contributed by atoms with E-state index in [1.165, 1.54) is 23.3 Å². The third-order valence-corrected chi connectivity index (χ3v) is 4.19. The quantitative estimate of drug-likeness (QED) is 0.366. The Bertz CT molecular complexity index is 1030. The lowest BCUT2D eigenvalue weighted by Crippen LogP contribution is -2.01. The van der Waals surface area contributed by atoms with Crippen LogP contribution in [0.5, 0.6) is 0 Å². The van der Waals surface area contributed by atoms with Crippen molar-refractivity contribution >= 4 is 38.3 Å². The average molecular weight is 286 g/mol. The van der Waals surface area contributed by atoms with Gasteiger partial charge in [0.25, 0.3) is 0 Å². The number of fused-ring (bicyclic) bond motifs is 5. The van der Waals surface area contributed by atoms with Crippen molar-refractivity contribution in [1.82, 2.24) is 0 Å². The van der Waals surface area contributed by atoms with Crippen LogP contribution < -0.4 is 0 Å². The highest BCUT2D eigenvalue weighted by molar-refractivity contribution is 6.20. The summed E-state index contributed by atoms with van der Waals surface area (Å²) in [6, 6.07) is 22.5. The molecule has 0 spiro atoms. The number of methoxy groups -OCH3 is 1. The molecule has 106 valence electrons. The Labute approximate surface area is 127 Å². The normalized spacial score (nSPS) is 11.1. The van der Waals surface area contributed by atoms with Gasteiger partial charge in [0, 0.05) is 0 Å². The van der Waals surface area contributed by atoms with Crippen molar-refractivity contribution in [2.24, 2.45) is 0 Å². The number of benzene rings is 4. The molecule has 0 heterocycles. The highest BCUT2D eigenvalue weighted by Gasteiger charge is 2.12. The van der Waals surface area contributed by atoms with Gasteiger partial charge in [-0.05, 0) is 38.4 Å². The van der Waals surface area contributed by atoms with Gasteiger partial charge in [-0.25, -0.2) is 4.79 Å². The first-order chi connectivity index (χ1) is 10.8. The summed E-state index contributed by atoms with van der Waals surface area (Å²) >= 11 is 0. The first-order valence-corrected chi connectivity index (χ1v) is 7.21. The van der Waals surface area contributed by atoms with Gasteiger partial charge in [0.2, 0.25) is 0 Å². The van der Waals surface area contributed by atoms with Gasteiger partial charge in [-0.3, -0.25) is 0 Å². The molecule has 0 atom stereocenters. The number of hydrogen-bond acceptors (Lipinski definition) is 2. The van der Waals surface area contributed by atoms with Crippen LogP contribution in [-0.4, -0.2) is 13.1 Å². The van der Waals surface area contributed by atoms with E-state index in [-0.39, 0.29) is 5.97 Å². The van der Waals surface area contributed by atoms with Gasteiger partial charge in [-0.2, -0.15) is 0 Å². The van der Waals surface area contributed by atoms with Crippen molar-refractivity contribution in [1.29, 1.82) is 0 Å². The Balaban J connectivity index is 2.16. The number of ether oxygens (including phenoxy) is 1. The van der Waals surface area contributed by atoms with Crippen LogP contribution in [0.3, 0.4) is 0 Å². The van der Waals surface area contributed by atoms with E-state index in [1.807, 2.05) is 18.2 Å². The van der Waals surface area contributed by atoms with Crippen LogP contribution in [0.2, 0.25) is 0 Å². The molecule has 2 heteroatoms. The van der Waals surface area contributed by atoms with Crippen molar-refractivity contribution < 1.29 is 9.53 Å². The van der Waals surface area contributed by atoms with Gasteiger partial charge in [0.1, 0.15) is 0 Å². The van der Waals surface area contributed by atoms with Crippen molar-refractivity contribution in [3.8, 4) is 0 Å². The molecule has 0 saturated carbocycles. The summed E-state index contributed by atoms with van der Waals surface area (Å²) in [5.74, 6) is -0.300. The molecule has 0 aliphatic heterocycles. The van der Waals surface area contributed by atoms with Crippen molar-refractivity contribution in [3.05, 3.63) is 72.3 Å². The SMILES string of the molecule is COC(=O)c1cccc2c1ccc1c3ccccc3ccc21. The van der Waals surface area contributed by atoms with E-state index < -0.39 is 0 Å². The summed E-state index contributed by atoms with van der Waals surface area (Å²) in [5.41, 5.74) is 0.607. The Morgan fingerprint density at radius 2 is 1.32 bits per heavy atom. The minimum absolute atomic E-state index is 0.300. The van der Waals surface area contributed by atoms with Gasteiger partial charge in [-0.1, -0.05) is 60.7 Å². The fourth-order valence-electron chi connectivity index (χ4n) is 3.14. The predicted octanol–water partition coefficient (Wildman–Crippen LogP) is 4.93. The molecule has 0 bridgehead atoms. The van der Waals surface area contributed by atoms with Crippen molar-refractivity contribution in [3.63, 3.8) is 0 Å². The zero-order valence-corrected chi connectivity index (χ0v) is 12.2. The van der Waals surface area contributed by atoms with E-state index in [1.54, 1.807) is 6.07 Å². The van der Waals surface area contributed by atoms with Gasteiger partial charge in [0.15, 0.2) is 0 Å². The van der Waals surface area contributed by atoms with Gasteiger partial charge < -0.3 is 4.74 Å². The molecule has 0 unspecified atom stereocenters. The molecule has 0 saturated heterocycles. The molecule has 2 nitrogen and oxygen atoms in total. The summed E-state index contributed by atoms with van der Waals surface area (Å²) < 4.78 is 4.89. The third kappa shape index (κ3) is 1.77. The second-order valence-electron chi connectivity index (χ2n) is 5.34. The summed E-state index contributed by atoms with van der Waals surface area (Å²) in [4.78, 5) is 12.0. The van der Waals surface area contributed by atoms with Crippen LogP contribution in [0.4, 0.5) is 0 Å². The van der Waals surface area contributed by atoms with E-state index in [0.717, 1.165) is 16.2 Å². The maximum atomic E-state index is 12.0. The third-order valence-electron chi connectivity index (χ3n) is 4.19. The van der Waals surface area contributed by atoms with Gasteiger partial charge in [0.05, 0.1) is 12.7 Å². The highest BCUT2D eigenvalue weighted by Crippen LogP contribution is 2.32. The zero-order chi connectivity index (χ0) is 15.1. The van der Waals surface area contributed by atoms with Gasteiger partial charge in [-0.15, -0.1) is 0 Å². The summed E-state index contributed by atoms with van der Waals surface area (Å²) in [6.07, 6.45) is 0. The van der Waals surface area contributed by atoms with Crippen LogP contribution in [-0.2, 0) is 4.74 Å². The van der Waals surface area contributed by atoms with Crippen LogP contribution in [0.25, 0.3) is 32.3 Å².